The molecule has 0 N–H and O–H groups in total. The van der Waals surface area contributed by atoms with Crippen LogP contribution in [0.5, 0.6) is 0 Å². The van der Waals surface area contributed by atoms with Crippen molar-refractivity contribution in [1.82, 2.24) is 0 Å². The van der Waals surface area contributed by atoms with Gasteiger partial charge in [-0.3, -0.25) is 4.42 Å². The standard InChI is InChI=1S/C11H18O3.C10H13O/c1-5-11(14-9-8-12-3)7-6-10(2)13-4;1-3-9-5-7-10(8-6-9)11-4-2/h5-7H,2,8-9H2,1,3-4H3;3,5-8H,4H2,1-2H3/q;+1/b7-6-,11-5+;. The van der Waals surface area contributed by atoms with E-state index in [-0.39, 0.29) is 0 Å². The Bertz CT molecular complexity index is 542. The van der Waals surface area contributed by atoms with Gasteiger partial charge in [-0.25, -0.2) is 0 Å². The molecule has 0 aromatic rings. The first-order valence-corrected chi connectivity index (χ1v) is 8.32. The molecule has 1 rings (SSSR count). The normalized spacial score (nSPS) is 13.4. The van der Waals surface area contributed by atoms with Crippen molar-refractivity contribution in [2.24, 2.45) is 0 Å². The van der Waals surface area contributed by atoms with Gasteiger partial charge in [0, 0.05) is 26.2 Å². The van der Waals surface area contributed by atoms with Gasteiger partial charge in [-0.2, -0.15) is 0 Å². The SMILES string of the molecule is C=C(/C=C\C(=C/C)OCCOC)OC.CC=C1C=CC(=[O+]CC)C=C1. The van der Waals surface area contributed by atoms with E-state index < -0.39 is 0 Å². The molecule has 25 heavy (non-hydrogen) atoms. The van der Waals surface area contributed by atoms with Gasteiger partial charge in [-0.1, -0.05) is 12.7 Å². The molecular formula is C21H31O4+. The second-order valence-electron chi connectivity index (χ2n) is 4.83. The van der Waals surface area contributed by atoms with Crippen LogP contribution in [0.1, 0.15) is 20.8 Å². The van der Waals surface area contributed by atoms with E-state index in [1.807, 2.05) is 57.2 Å². The van der Waals surface area contributed by atoms with Crippen LogP contribution in [0.4, 0.5) is 0 Å². The maximum atomic E-state index is 5.38. The lowest BCUT2D eigenvalue weighted by Gasteiger charge is -2.05. The van der Waals surface area contributed by atoms with E-state index in [1.165, 1.54) is 5.57 Å². The van der Waals surface area contributed by atoms with Gasteiger partial charge in [0.15, 0.2) is 0 Å². The monoisotopic (exact) mass is 347 g/mol. The van der Waals surface area contributed by atoms with Gasteiger partial charge in [0.2, 0.25) is 0 Å². The molecule has 138 valence electrons. The van der Waals surface area contributed by atoms with Gasteiger partial charge >= 0.3 is 5.78 Å². The molecule has 0 bridgehead atoms. The molecule has 4 nitrogen and oxygen atoms in total. The Morgan fingerprint density at radius 3 is 2.24 bits per heavy atom. The van der Waals surface area contributed by atoms with Crippen LogP contribution in [-0.4, -0.2) is 39.8 Å². The number of allylic oxidation sites excluding steroid dienone is 9. The number of methoxy groups -OCH3 is 2. The van der Waals surface area contributed by atoms with E-state index in [2.05, 4.69) is 12.7 Å². The summed E-state index contributed by atoms with van der Waals surface area (Å²) in [5.74, 6) is 2.32. The summed E-state index contributed by atoms with van der Waals surface area (Å²) in [6, 6.07) is 0. The Balaban J connectivity index is 0.000000472. The number of rotatable bonds is 8. The van der Waals surface area contributed by atoms with E-state index in [0.717, 1.165) is 18.1 Å². The van der Waals surface area contributed by atoms with Gasteiger partial charge in [0.25, 0.3) is 6.61 Å². The maximum Gasteiger partial charge on any atom is 0.343 e. The van der Waals surface area contributed by atoms with E-state index in [1.54, 1.807) is 20.3 Å². The lowest BCUT2D eigenvalue weighted by molar-refractivity contribution is -0.450. The molecule has 0 saturated carbocycles. The van der Waals surface area contributed by atoms with Gasteiger partial charge < -0.3 is 14.2 Å². The van der Waals surface area contributed by atoms with Crippen LogP contribution in [0.3, 0.4) is 0 Å². The fourth-order valence-corrected chi connectivity index (χ4v) is 1.64. The van der Waals surface area contributed by atoms with Crippen LogP contribution in [-0.2, 0) is 18.6 Å². The molecule has 0 aromatic heterocycles. The number of ether oxygens (including phenoxy) is 3. The maximum absolute atomic E-state index is 5.38. The molecule has 1 aliphatic rings. The van der Waals surface area contributed by atoms with Gasteiger partial charge in [-0.05, 0) is 49.8 Å². The molecule has 0 amide bonds. The fourth-order valence-electron chi connectivity index (χ4n) is 1.64. The highest BCUT2D eigenvalue weighted by molar-refractivity contribution is 6.01. The smallest absolute Gasteiger partial charge is 0.343 e. The molecule has 4 heteroatoms. The number of hydrogen-bond acceptors (Lipinski definition) is 3. The largest absolute Gasteiger partial charge is 0.497 e. The average molecular weight is 347 g/mol. The van der Waals surface area contributed by atoms with Crippen molar-refractivity contribution in [3.05, 3.63) is 72.3 Å². The average Bonchev–Trinajstić information content (AvgIpc) is 2.65. The predicted octanol–water partition coefficient (Wildman–Crippen LogP) is 4.45. The van der Waals surface area contributed by atoms with E-state index in [9.17, 15) is 0 Å². The third kappa shape index (κ3) is 11.8. The zero-order valence-corrected chi connectivity index (χ0v) is 16.1. The summed E-state index contributed by atoms with van der Waals surface area (Å²) in [6.45, 7) is 11.4. The topological polar surface area (TPSA) is 39.0 Å². The summed E-state index contributed by atoms with van der Waals surface area (Å²) >= 11 is 0. The molecule has 0 fully saturated rings. The second-order valence-corrected chi connectivity index (χ2v) is 4.83. The van der Waals surface area contributed by atoms with Crippen LogP contribution in [0.25, 0.3) is 0 Å². The molecule has 0 aromatic carbocycles. The first-order chi connectivity index (χ1) is 12.1. The minimum absolute atomic E-state index is 0.542. The second kappa shape index (κ2) is 15.2. The Kier molecular flexibility index (Phi) is 13.8. The summed E-state index contributed by atoms with van der Waals surface area (Å²) in [6.07, 6.45) is 15.6. The molecule has 0 aliphatic heterocycles. The van der Waals surface area contributed by atoms with Gasteiger partial charge in [-0.15, -0.1) is 0 Å². The Morgan fingerprint density at radius 1 is 1.08 bits per heavy atom. The molecule has 1 aliphatic carbocycles. The van der Waals surface area contributed by atoms with Crippen LogP contribution in [0, 0.1) is 0 Å². The number of ketones is 1. The quantitative estimate of drug-likeness (QED) is 0.282. The lowest BCUT2D eigenvalue weighted by Crippen LogP contribution is -2.00. The van der Waals surface area contributed by atoms with Crippen molar-refractivity contribution >= 4 is 5.78 Å². The molecular weight excluding hydrogens is 316 g/mol. The zero-order valence-electron chi connectivity index (χ0n) is 16.1. The van der Waals surface area contributed by atoms with E-state index in [0.29, 0.717) is 19.0 Å². The molecule has 0 heterocycles. The van der Waals surface area contributed by atoms with Crippen molar-refractivity contribution in [2.75, 3.05) is 34.0 Å². The van der Waals surface area contributed by atoms with Crippen molar-refractivity contribution in [2.45, 2.75) is 20.8 Å². The van der Waals surface area contributed by atoms with Crippen LogP contribution in [0.15, 0.2) is 72.3 Å². The minimum Gasteiger partial charge on any atom is -0.497 e. The predicted molar refractivity (Wildman–Crippen MR) is 104 cm³/mol. The van der Waals surface area contributed by atoms with Crippen molar-refractivity contribution < 1.29 is 18.6 Å². The van der Waals surface area contributed by atoms with Crippen LogP contribution >= 0.6 is 0 Å². The van der Waals surface area contributed by atoms with Crippen LogP contribution in [0.2, 0.25) is 0 Å². The highest BCUT2D eigenvalue weighted by atomic mass is 16.5. The van der Waals surface area contributed by atoms with Crippen LogP contribution < -0.4 is 0 Å². The third-order valence-corrected chi connectivity index (χ3v) is 3.06. The first kappa shape index (κ1) is 22.7. The summed E-state index contributed by atoms with van der Waals surface area (Å²) in [4.78, 5) is 0. The molecule has 0 spiro atoms. The highest BCUT2D eigenvalue weighted by Crippen LogP contribution is 2.05. The van der Waals surface area contributed by atoms with Gasteiger partial charge in [0.1, 0.15) is 18.1 Å². The molecule has 0 radical (unpaired) electrons. The zero-order chi connectivity index (χ0) is 18.9. The minimum atomic E-state index is 0.542. The molecule has 0 atom stereocenters. The molecule has 0 saturated heterocycles. The van der Waals surface area contributed by atoms with Gasteiger partial charge in [0.05, 0.1) is 13.7 Å². The summed E-state index contributed by atoms with van der Waals surface area (Å²) < 4.78 is 20.4. The number of carbonyl (C=O) groups excluding carboxylic acids is 1. The van der Waals surface area contributed by atoms with Crippen molar-refractivity contribution in [3.8, 4) is 0 Å². The van der Waals surface area contributed by atoms with E-state index >= 15 is 0 Å². The summed E-state index contributed by atoms with van der Waals surface area (Å²) in [7, 11) is 3.22. The highest BCUT2D eigenvalue weighted by Gasteiger charge is 2.04. The Labute approximate surface area is 152 Å². The van der Waals surface area contributed by atoms with Crippen molar-refractivity contribution in [1.29, 1.82) is 0 Å². The fraction of sp³-hybridized carbons (Fsp3) is 0.381. The van der Waals surface area contributed by atoms with E-state index in [4.69, 9.17) is 18.6 Å². The molecule has 0 unspecified atom stereocenters. The Morgan fingerprint density at radius 2 is 1.76 bits per heavy atom. The summed E-state index contributed by atoms with van der Waals surface area (Å²) in [5.41, 5.74) is 1.23. The first-order valence-electron chi connectivity index (χ1n) is 8.32. The lowest BCUT2D eigenvalue weighted by atomic mass is 10.1. The van der Waals surface area contributed by atoms with Crippen molar-refractivity contribution in [3.63, 3.8) is 0 Å². The number of hydrogen-bond donors (Lipinski definition) is 0. The summed E-state index contributed by atoms with van der Waals surface area (Å²) in [5, 5.41) is 0. The third-order valence-electron chi connectivity index (χ3n) is 3.06. The Hall–Kier alpha value is -2.33.